The SMILES string of the molecule is COCCC(=O)N1CCC(c2[nH]ncc2C(=O)N2[C@H](C)CCC[C@H]2C)CC1. The van der Waals surface area contributed by atoms with E-state index in [1.807, 2.05) is 9.80 Å². The van der Waals surface area contributed by atoms with Crippen molar-refractivity contribution in [1.82, 2.24) is 20.0 Å². The molecule has 150 valence electrons. The summed E-state index contributed by atoms with van der Waals surface area (Å²) in [6.07, 6.45) is 7.12. The number of carbonyl (C=O) groups excluding carboxylic acids is 2. The molecule has 0 bridgehead atoms. The van der Waals surface area contributed by atoms with Crippen molar-refractivity contribution in [2.24, 2.45) is 0 Å². The Kier molecular flexibility index (Phi) is 6.52. The third kappa shape index (κ3) is 4.34. The van der Waals surface area contributed by atoms with E-state index in [-0.39, 0.29) is 29.8 Å². The number of aromatic amines is 1. The zero-order valence-electron chi connectivity index (χ0n) is 16.7. The van der Waals surface area contributed by atoms with Gasteiger partial charge in [-0.2, -0.15) is 5.10 Å². The fourth-order valence-corrected chi connectivity index (χ4v) is 4.50. The molecule has 2 aliphatic heterocycles. The van der Waals surface area contributed by atoms with Crippen molar-refractivity contribution >= 4 is 11.8 Å². The predicted molar refractivity (Wildman–Crippen MR) is 103 cm³/mol. The number of likely N-dealkylation sites (tertiary alicyclic amines) is 2. The van der Waals surface area contributed by atoms with Crippen molar-refractivity contribution in [3.63, 3.8) is 0 Å². The number of nitrogens with one attached hydrogen (secondary N) is 1. The molecule has 0 radical (unpaired) electrons. The quantitative estimate of drug-likeness (QED) is 0.857. The van der Waals surface area contributed by atoms with Crippen LogP contribution >= 0.6 is 0 Å². The molecular formula is C20H32N4O3. The maximum absolute atomic E-state index is 13.2. The number of ether oxygens (including phenoxy) is 1. The molecular weight excluding hydrogens is 344 g/mol. The molecule has 27 heavy (non-hydrogen) atoms. The highest BCUT2D eigenvalue weighted by Crippen LogP contribution is 2.31. The van der Waals surface area contributed by atoms with Gasteiger partial charge >= 0.3 is 0 Å². The first kappa shape index (κ1) is 19.9. The van der Waals surface area contributed by atoms with Gasteiger partial charge in [-0.25, -0.2) is 0 Å². The summed E-state index contributed by atoms with van der Waals surface area (Å²) in [6.45, 7) is 6.17. The number of hydrogen-bond acceptors (Lipinski definition) is 4. The van der Waals surface area contributed by atoms with Crippen molar-refractivity contribution in [2.45, 2.75) is 70.4 Å². The maximum atomic E-state index is 13.2. The molecule has 0 saturated carbocycles. The normalized spacial score (nSPS) is 24.3. The lowest BCUT2D eigenvalue weighted by Gasteiger charge is -2.39. The highest BCUT2D eigenvalue weighted by Gasteiger charge is 2.34. The third-order valence-electron chi connectivity index (χ3n) is 6.10. The minimum atomic E-state index is 0.0945. The van der Waals surface area contributed by atoms with E-state index in [0.717, 1.165) is 44.5 Å². The zero-order valence-corrected chi connectivity index (χ0v) is 16.7. The molecule has 7 heteroatoms. The van der Waals surface area contributed by atoms with Crippen LogP contribution in [-0.4, -0.2) is 70.7 Å². The Bertz CT molecular complexity index is 641. The smallest absolute Gasteiger partial charge is 0.257 e. The Balaban J connectivity index is 1.65. The van der Waals surface area contributed by atoms with Gasteiger partial charge in [0, 0.05) is 38.2 Å². The summed E-state index contributed by atoms with van der Waals surface area (Å²) in [7, 11) is 1.61. The molecule has 3 rings (SSSR count). The maximum Gasteiger partial charge on any atom is 0.257 e. The van der Waals surface area contributed by atoms with Crippen molar-refractivity contribution in [1.29, 1.82) is 0 Å². The molecule has 0 unspecified atom stereocenters. The minimum Gasteiger partial charge on any atom is -0.384 e. The summed E-state index contributed by atoms with van der Waals surface area (Å²) >= 11 is 0. The summed E-state index contributed by atoms with van der Waals surface area (Å²) in [5, 5.41) is 7.27. The van der Waals surface area contributed by atoms with Gasteiger partial charge in [0.15, 0.2) is 0 Å². The van der Waals surface area contributed by atoms with Crippen LogP contribution in [0.1, 0.15) is 74.3 Å². The number of carbonyl (C=O) groups is 2. The summed E-state index contributed by atoms with van der Waals surface area (Å²) in [5.41, 5.74) is 1.65. The Morgan fingerprint density at radius 3 is 2.48 bits per heavy atom. The van der Waals surface area contributed by atoms with E-state index in [0.29, 0.717) is 18.6 Å². The van der Waals surface area contributed by atoms with Gasteiger partial charge in [-0.1, -0.05) is 0 Å². The van der Waals surface area contributed by atoms with Gasteiger partial charge in [-0.3, -0.25) is 14.7 Å². The predicted octanol–water partition coefficient (Wildman–Crippen LogP) is 2.56. The van der Waals surface area contributed by atoms with Crippen LogP contribution in [0.5, 0.6) is 0 Å². The van der Waals surface area contributed by atoms with E-state index in [1.165, 1.54) is 6.42 Å². The van der Waals surface area contributed by atoms with Crippen LogP contribution in [0.15, 0.2) is 6.20 Å². The molecule has 2 saturated heterocycles. The number of hydrogen-bond donors (Lipinski definition) is 1. The molecule has 2 amide bonds. The van der Waals surface area contributed by atoms with Crippen molar-refractivity contribution in [3.8, 4) is 0 Å². The molecule has 7 nitrogen and oxygen atoms in total. The fourth-order valence-electron chi connectivity index (χ4n) is 4.50. The van der Waals surface area contributed by atoms with E-state index in [2.05, 4.69) is 24.0 Å². The monoisotopic (exact) mass is 376 g/mol. The van der Waals surface area contributed by atoms with Crippen LogP contribution in [0.3, 0.4) is 0 Å². The molecule has 2 fully saturated rings. The van der Waals surface area contributed by atoms with Gasteiger partial charge in [0.25, 0.3) is 5.91 Å². The molecule has 0 spiro atoms. The van der Waals surface area contributed by atoms with Crippen LogP contribution in [0.2, 0.25) is 0 Å². The highest BCUT2D eigenvalue weighted by atomic mass is 16.5. The van der Waals surface area contributed by atoms with Crippen LogP contribution in [-0.2, 0) is 9.53 Å². The lowest BCUT2D eigenvalue weighted by molar-refractivity contribution is -0.133. The van der Waals surface area contributed by atoms with E-state index < -0.39 is 0 Å². The fraction of sp³-hybridized carbons (Fsp3) is 0.750. The van der Waals surface area contributed by atoms with E-state index in [9.17, 15) is 9.59 Å². The second-order valence-electron chi connectivity index (χ2n) is 7.94. The Morgan fingerprint density at radius 2 is 1.85 bits per heavy atom. The number of piperidine rings is 2. The van der Waals surface area contributed by atoms with Gasteiger partial charge in [-0.05, 0) is 46.0 Å². The second kappa shape index (κ2) is 8.87. The molecule has 2 aliphatic rings. The van der Waals surface area contributed by atoms with Crippen LogP contribution in [0.4, 0.5) is 0 Å². The average molecular weight is 377 g/mol. The van der Waals surface area contributed by atoms with Gasteiger partial charge in [0.2, 0.25) is 5.91 Å². The highest BCUT2D eigenvalue weighted by molar-refractivity contribution is 5.95. The largest absolute Gasteiger partial charge is 0.384 e. The number of methoxy groups -OCH3 is 1. The first-order valence-electron chi connectivity index (χ1n) is 10.2. The first-order valence-corrected chi connectivity index (χ1v) is 10.2. The van der Waals surface area contributed by atoms with E-state index in [1.54, 1.807) is 13.3 Å². The van der Waals surface area contributed by atoms with Crippen LogP contribution in [0.25, 0.3) is 0 Å². The van der Waals surface area contributed by atoms with E-state index >= 15 is 0 Å². The Labute approximate surface area is 161 Å². The second-order valence-corrected chi connectivity index (χ2v) is 7.94. The molecule has 2 atom stereocenters. The van der Waals surface area contributed by atoms with Gasteiger partial charge < -0.3 is 14.5 Å². The summed E-state index contributed by atoms with van der Waals surface area (Å²) in [4.78, 5) is 29.3. The topological polar surface area (TPSA) is 78.5 Å². The molecule has 0 aromatic carbocycles. The molecule has 1 aromatic rings. The third-order valence-corrected chi connectivity index (χ3v) is 6.10. The number of rotatable bonds is 5. The number of amides is 2. The summed E-state index contributed by atoms with van der Waals surface area (Å²) < 4.78 is 5.00. The van der Waals surface area contributed by atoms with E-state index in [4.69, 9.17) is 4.74 Å². The summed E-state index contributed by atoms with van der Waals surface area (Å²) in [6, 6.07) is 0.536. The lowest BCUT2D eigenvalue weighted by atomic mass is 9.90. The van der Waals surface area contributed by atoms with Crippen molar-refractivity contribution < 1.29 is 14.3 Å². The van der Waals surface area contributed by atoms with Gasteiger partial charge in [-0.15, -0.1) is 0 Å². The average Bonchev–Trinajstić information content (AvgIpc) is 3.16. The summed E-state index contributed by atoms with van der Waals surface area (Å²) in [5.74, 6) is 0.484. The van der Waals surface area contributed by atoms with Gasteiger partial charge in [0.05, 0.1) is 30.5 Å². The van der Waals surface area contributed by atoms with Gasteiger partial charge in [0.1, 0.15) is 0 Å². The Morgan fingerprint density at radius 1 is 1.19 bits per heavy atom. The minimum absolute atomic E-state index is 0.0945. The standard InChI is InChI=1S/C20H32N4O3/c1-14-5-4-6-15(2)24(14)20(26)17-13-21-22-19(17)16-7-10-23(11-8-16)18(25)9-12-27-3/h13-16H,4-12H2,1-3H3,(H,21,22)/t14-,15-/m1/s1. The zero-order chi connectivity index (χ0) is 19.4. The Hall–Kier alpha value is -1.89. The molecule has 1 N–H and O–H groups in total. The van der Waals surface area contributed by atoms with Crippen LogP contribution in [0, 0.1) is 0 Å². The first-order chi connectivity index (χ1) is 13.0. The number of nitrogens with zero attached hydrogens (tertiary/aromatic N) is 3. The molecule has 1 aromatic heterocycles. The van der Waals surface area contributed by atoms with Crippen molar-refractivity contribution in [2.75, 3.05) is 26.8 Å². The van der Waals surface area contributed by atoms with Crippen molar-refractivity contribution in [3.05, 3.63) is 17.5 Å². The molecule has 3 heterocycles. The molecule has 0 aliphatic carbocycles. The number of H-pyrrole nitrogens is 1. The lowest BCUT2D eigenvalue weighted by Crippen LogP contribution is -2.47. The van der Waals surface area contributed by atoms with Crippen LogP contribution < -0.4 is 0 Å². The number of aromatic nitrogens is 2.